The van der Waals surface area contributed by atoms with Gasteiger partial charge in [0.05, 0.1) is 5.41 Å². The molecule has 0 saturated heterocycles. The molecule has 0 spiro atoms. The van der Waals surface area contributed by atoms with Crippen molar-refractivity contribution in [1.29, 1.82) is 0 Å². The highest BCUT2D eigenvalue weighted by atomic mass is 16.4. The maximum absolute atomic E-state index is 11.6. The first-order chi connectivity index (χ1) is 7.53. The lowest BCUT2D eigenvalue weighted by Gasteiger charge is -2.39. The van der Waals surface area contributed by atoms with E-state index in [1.165, 1.54) is 6.42 Å². The Labute approximate surface area is 98.4 Å². The molecule has 16 heavy (non-hydrogen) atoms. The molecule has 1 rings (SSSR count). The molecular weight excluding hydrogens is 202 g/mol. The smallest absolute Gasteiger partial charge is 0.311 e. The molecule has 1 saturated carbocycles. The van der Waals surface area contributed by atoms with Crippen LogP contribution in [0.25, 0.3) is 0 Å². The first-order valence-corrected chi connectivity index (χ1v) is 6.46. The third-order valence-electron chi connectivity index (χ3n) is 3.95. The summed E-state index contributed by atoms with van der Waals surface area (Å²) in [6, 6.07) is 0. The summed E-state index contributed by atoms with van der Waals surface area (Å²) in [5.74, 6) is -0.0108. The van der Waals surface area contributed by atoms with E-state index in [1.807, 2.05) is 0 Å². The van der Waals surface area contributed by atoms with Gasteiger partial charge in [0.15, 0.2) is 0 Å². The summed E-state index contributed by atoms with van der Waals surface area (Å²) in [7, 11) is 0. The van der Waals surface area contributed by atoms with Gasteiger partial charge in [-0.1, -0.05) is 33.1 Å². The summed E-state index contributed by atoms with van der Waals surface area (Å²) >= 11 is 0. The highest BCUT2D eigenvalue weighted by Crippen LogP contribution is 2.42. The number of hydrogen-bond acceptors (Lipinski definition) is 2. The largest absolute Gasteiger partial charge is 0.481 e. The van der Waals surface area contributed by atoms with Crippen molar-refractivity contribution in [2.24, 2.45) is 23.0 Å². The normalized spacial score (nSPS) is 22.0. The predicted molar refractivity (Wildman–Crippen MR) is 65.2 cm³/mol. The molecule has 0 heterocycles. The van der Waals surface area contributed by atoms with Gasteiger partial charge in [0, 0.05) is 6.54 Å². The number of rotatable bonds is 5. The van der Waals surface area contributed by atoms with Crippen LogP contribution in [0.15, 0.2) is 0 Å². The third-order valence-corrected chi connectivity index (χ3v) is 3.95. The molecule has 0 bridgehead atoms. The van der Waals surface area contributed by atoms with E-state index in [4.69, 9.17) is 5.73 Å². The van der Waals surface area contributed by atoms with Crippen LogP contribution in [0.5, 0.6) is 0 Å². The van der Waals surface area contributed by atoms with Crippen molar-refractivity contribution in [3.05, 3.63) is 0 Å². The summed E-state index contributed by atoms with van der Waals surface area (Å²) < 4.78 is 0. The van der Waals surface area contributed by atoms with Crippen LogP contribution < -0.4 is 5.73 Å². The van der Waals surface area contributed by atoms with Gasteiger partial charge >= 0.3 is 5.97 Å². The maximum atomic E-state index is 11.6. The lowest BCUT2D eigenvalue weighted by atomic mass is 9.65. The zero-order valence-electron chi connectivity index (χ0n) is 10.5. The fourth-order valence-electron chi connectivity index (χ4n) is 3.15. The van der Waals surface area contributed by atoms with Gasteiger partial charge in [-0.25, -0.2) is 0 Å². The summed E-state index contributed by atoms with van der Waals surface area (Å²) in [6.45, 7) is 4.44. The highest BCUT2D eigenvalue weighted by molar-refractivity contribution is 5.75. The van der Waals surface area contributed by atoms with Gasteiger partial charge in [-0.2, -0.15) is 0 Å². The van der Waals surface area contributed by atoms with Crippen molar-refractivity contribution in [1.82, 2.24) is 0 Å². The van der Waals surface area contributed by atoms with Gasteiger partial charge in [-0.05, 0) is 31.1 Å². The Morgan fingerprint density at radius 2 is 1.94 bits per heavy atom. The molecule has 3 nitrogen and oxygen atoms in total. The van der Waals surface area contributed by atoms with Crippen molar-refractivity contribution in [2.45, 2.75) is 52.4 Å². The van der Waals surface area contributed by atoms with Crippen LogP contribution in [-0.4, -0.2) is 17.6 Å². The Hall–Kier alpha value is -0.570. The van der Waals surface area contributed by atoms with Gasteiger partial charge in [-0.15, -0.1) is 0 Å². The third kappa shape index (κ3) is 2.76. The Kier molecular flexibility index (Phi) is 4.78. The molecule has 0 aromatic carbocycles. The molecule has 3 heteroatoms. The lowest BCUT2D eigenvalue weighted by Crippen LogP contribution is -2.46. The second kappa shape index (κ2) is 5.67. The molecule has 94 valence electrons. The highest BCUT2D eigenvalue weighted by Gasteiger charge is 2.45. The van der Waals surface area contributed by atoms with Crippen LogP contribution in [-0.2, 0) is 4.79 Å². The molecule has 0 aromatic rings. The fraction of sp³-hybridized carbons (Fsp3) is 0.923. The predicted octanol–water partition coefficient (Wildman–Crippen LogP) is 2.64. The van der Waals surface area contributed by atoms with Crippen molar-refractivity contribution < 1.29 is 9.90 Å². The van der Waals surface area contributed by atoms with E-state index in [-0.39, 0.29) is 12.5 Å². The van der Waals surface area contributed by atoms with Gasteiger partial charge in [-0.3, -0.25) is 4.79 Å². The Bertz CT molecular complexity index is 234. The van der Waals surface area contributed by atoms with Crippen LogP contribution in [0.4, 0.5) is 0 Å². The zero-order valence-corrected chi connectivity index (χ0v) is 10.5. The second-order valence-electron chi connectivity index (χ2n) is 5.60. The molecular formula is C13H25NO2. The molecule has 0 aromatic heterocycles. The average molecular weight is 227 g/mol. The summed E-state index contributed by atoms with van der Waals surface area (Å²) in [4.78, 5) is 11.6. The van der Waals surface area contributed by atoms with Gasteiger partial charge in [0.25, 0.3) is 0 Å². The minimum atomic E-state index is -0.685. The molecule has 0 aliphatic heterocycles. The standard InChI is InChI=1S/C13H25NO2/c1-10(2)8-13(9-14,12(15)16)11-6-4-3-5-7-11/h10-11H,3-9,14H2,1-2H3,(H,15,16). The lowest BCUT2D eigenvalue weighted by molar-refractivity contribution is -0.154. The van der Waals surface area contributed by atoms with Crippen LogP contribution in [0.3, 0.4) is 0 Å². The van der Waals surface area contributed by atoms with Crippen molar-refractivity contribution >= 4 is 5.97 Å². The number of carbonyl (C=O) groups is 1. The van der Waals surface area contributed by atoms with E-state index in [0.717, 1.165) is 25.7 Å². The van der Waals surface area contributed by atoms with Crippen molar-refractivity contribution in [3.63, 3.8) is 0 Å². The monoisotopic (exact) mass is 227 g/mol. The summed E-state index contributed by atoms with van der Waals surface area (Å²) in [5, 5.41) is 9.54. The SMILES string of the molecule is CC(C)CC(CN)(C(=O)O)C1CCCCC1. The van der Waals surface area contributed by atoms with E-state index in [0.29, 0.717) is 12.3 Å². The molecule has 1 fully saturated rings. The van der Waals surface area contributed by atoms with Crippen LogP contribution in [0, 0.1) is 17.3 Å². The second-order valence-corrected chi connectivity index (χ2v) is 5.60. The van der Waals surface area contributed by atoms with Crippen molar-refractivity contribution in [3.8, 4) is 0 Å². The maximum Gasteiger partial charge on any atom is 0.311 e. The molecule has 0 radical (unpaired) electrons. The molecule has 1 unspecified atom stereocenters. The van der Waals surface area contributed by atoms with E-state index in [9.17, 15) is 9.90 Å². The number of nitrogens with two attached hydrogens (primary N) is 1. The van der Waals surface area contributed by atoms with E-state index < -0.39 is 11.4 Å². The van der Waals surface area contributed by atoms with Crippen molar-refractivity contribution in [2.75, 3.05) is 6.54 Å². The van der Waals surface area contributed by atoms with Crippen LogP contribution in [0.2, 0.25) is 0 Å². The first kappa shape index (κ1) is 13.5. The van der Waals surface area contributed by atoms with E-state index in [1.54, 1.807) is 0 Å². The number of carboxylic acid groups (broad SMARTS) is 1. The average Bonchev–Trinajstić information content (AvgIpc) is 2.26. The minimum Gasteiger partial charge on any atom is -0.481 e. The molecule has 1 atom stereocenters. The summed E-state index contributed by atoms with van der Waals surface area (Å²) in [6.07, 6.45) is 6.37. The number of carboxylic acids is 1. The zero-order chi connectivity index (χ0) is 12.2. The molecule has 1 aliphatic rings. The Morgan fingerprint density at radius 3 is 2.31 bits per heavy atom. The minimum absolute atomic E-state index is 0.283. The first-order valence-electron chi connectivity index (χ1n) is 6.46. The number of aliphatic carboxylic acids is 1. The Morgan fingerprint density at radius 1 is 1.38 bits per heavy atom. The molecule has 0 amide bonds. The van der Waals surface area contributed by atoms with E-state index in [2.05, 4.69) is 13.8 Å². The summed E-state index contributed by atoms with van der Waals surface area (Å²) in [5.41, 5.74) is 5.13. The number of hydrogen-bond donors (Lipinski definition) is 2. The fourth-order valence-corrected chi connectivity index (χ4v) is 3.15. The van der Waals surface area contributed by atoms with E-state index >= 15 is 0 Å². The van der Waals surface area contributed by atoms with Crippen LogP contribution in [0.1, 0.15) is 52.4 Å². The topological polar surface area (TPSA) is 63.3 Å². The quantitative estimate of drug-likeness (QED) is 0.759. The Balaban J connectivity index is 2.86. The van der Waals surface area contributed by atoms with Gasteiger partial charge in [0.1, 0.15) is 0 Å². The van der Waals surface area contributed by atoms with Gasteiger partial charge < -0.3 is 10.8 Å². The van der Waals surface area contributed by atoms with Gasteiger partial charge in [0.2, 0.25) is 0 Å². The molecule has 3 N–H and O–H groups in total. The van der Waals surface area contributed by atoms with Crippen LogP contribution >= 0.6 is 0 Å². The molecule has 1 aliphatic carbocycles.